The Morgan fingerprint density at radius 3 is 2.50 bits per heavy atom. The van der Waals surface area contributed by atoms with Gasteiger partial charge in [-0.15, -0.1) is 0 Å². The smallest absolute Gasteiger partial charge is 0.410 e. The quantitative estimate of drug-likeness (QED) is 0.167. The van der Waals surface area contributed by atoms with Crippen molar-refractivity contribution < 1.29 is 33.3 Å². The normalized spacial score (nSPS) is 17.5. The second-order valence-electron chi connectivity index (χ2n) is 13.8. The summed E-state index contributed by atoms with van der Waals surface area (Å²) < 4.78 is 29.3. The fourth-order valence-corrected chi connectivity index (χ4v) is 6.37. The molecule has 2 atom stereocenters. The average Bonchev–Trinajstić information content (AvgIpc) is 3.11. The highest BCUT2D eigenvalue weighted by molar-refractivity contribution is 5.96. The van der Waals surface area contributed by atoms with E-state index in [4.69, 9.17) is 23.7 Å². The lowest BCUT2D eigenvalue weighted by atomic mass is 9.87. The molecule has 0 bridgehead atoms. The molecule has 0 spiro atoms. The van der Waals surface area contributed by atoms with Gasteiger partial charge in [0.15, 0.2) is 0 Å². The van der Waals surface area contributed by atoms with Gasteiger partial charge in [0, 0.05) is 51.3 Å². The number of methoxy groups -OCH3 is 1. The first-order valence-corrected chi connectivity index (χ1v) is 17.5. The molecule has 2 aliphatic rings. The summed E-state index contributed by atoms with van der Waals surface area (Å²) >= 11 is 0. The van der Waals surface area contributed by atoms with Gasteiger partial charge in [0.2, 0.25) is 5.91 Å². The lowest BCUT2D eigenvalue weighted by molar-refractivity contribution is -0.118. The molecule has 1 saturated heterocycles. The molecule has 2 heterocycles. The maximum Gasteiger partial charge on any atom is 0.410 e. The van der Waals surface area contributed by atoms with Gasteiger partial charge in [0.25, 0.3) is 0 Å². The van der Waals surface area contributed by atoms with Crippen LogP contribution in [0.15, 0.2) is 66.7 Å². The Kier molecular flexibility index (Phi) is 12.7. The second kappa shape index (κ2) is 17.4. The van der Waals surface area contributed by atoms with Crippen LogP contribution in [0.5, 0.6) is 11.5 Å². The summed E-state index contributed by atoms with van der Waals surface area (Å²) in [5.74, 6) is 1.53. The minimum absolute atomic E-state index is 0.0566. The standard InChI is InChI=1S/C40H49N3O7/c1-40(2,3)50-39(45)42-21-19-34(30-13-16-33(17-14-30)47-23-8-24-48-36-10-6-5-9-32(36)26-41)37(27-42)49-28-29-11-12-31-15-18-38(44)43(35(31)25-29)20-7-22-46-4/h5-6,9-14,16-17,25,34,37H,7-8,15,18-24,27-28H2,1-4H3. The molecule has 0 aliphatic carbocycles. The molecular weight excluding hydrogens is 634 g/mol. The van der Waals surface area contributed by atoms with E-state index in [1.54, 1.807) is 24.1 Å². The Morgan fingerprint density at radius 2 is 1.74 bits per heavy atom. The Balaban J connectivity index is 1.23. The first kappa shape index (κ1) is 36.7. The first-order valence-electron chi connectivity index (χ1n) is 17.5. The van der Waals surface area contributed by atoms with Crippen LogP contribution in [0.2, 0.25) is 0 Å². The third-order valence-electron chi connectivity index (χ3n) is 8.89. The van der Waals surface area contributed by atoms with Crippen molar-refractivity contribution in [3.8, 4) is 17.6 Å². The number of carbonyl (C=O) groups is 2. The summed E-state index contributed by atoms with van der Waals surface area (Å²) in [6.45, 7) is 9.05. The van der Waals surface area contributed by atoms with Crippen molar-refractivity contribution in [1.82, 2.24) is 4.90 Å². The van der Waals surface area contributed by atoms with Gasteiger partial charge in [-0.2, -0.15) is 5.26 Å². The number of anilines is 1. The Bertz CT molecular complexity index is 1630. The van der Waals surface area contributed by atoms with Gasteiger partial charge in [-0.05, 0) is 87.1 Å². The van der Waals surface area contributed by atoms with Crippen LogP contribution in [0.4, 0.5) is 10.5 Å². The zero-order chi connectivity index (χ0) is 35.5. The molecule has 2 amide bonds. The van der Waals surface area contributed by atoms with Gasteiger partial charge in [-0.1, -0.05) is 36.4 Å². The van der Waals surface area contributed by atoms with Crippen LogP contribution >= 0.6 is 0 Å². The number of amides is 2. The topological polar surface area (TPSA) is 111 Å². The molecule has 2 unspecified atom stereocenters. The maximum absolute atomic E-state index is 13.1. The van der Waals surface area contributed by atoms with E-state index in [9.17, 15) is 14.9 Å². The third-order valence-corrected chi connectivity index (χ3v) is 8.89. The summed E-state index contributed by atoms with van der Waals surface area (Å²) in [4.78, 5) is 29.5. The number of ether oxygens (including phenoxy) is 5. The summed E-state index contributed by atoms with van der Waals surface area (Å²) in [6.07, 6.45) is 2.79. The van der Waals surface area contributed by atoms with Crippen molar-refractivity contribution in [2.24, 2.45) is 0 Å². The highest BCUT2D eigenvalue weighted by Gasteiger charge is 2.35. The van der Waals surface area contributed by atoms with Gasteiger partial charge >= 0.3 is 6.09 Å². The second-order valence-corrected chi connectivity index (χ2v) is 13.8. The van der Waals surface area contributed by atoms with E-state index in [0.717, 1.165) is 47.4 Å². The van der Waals surface area contributed by atoms with Crippen LogP contribution in [0.1, 0.15) is 74.6 Å². The van der Waals surface area contributed by atoms with Crippen LogP contribution in [0.3, 0.4) is 0 Å². The number of carbonyl (C=O) groups excluding carboxylic acids is 2. The Hall–Kier alpha value is -4.59. The number of para-hydroxylation sites is 1. The lowest BCUT2D eigenvalue weighted by Crippen LogP contribution is -2.48. The number of piperidine rings is 1. The van der Waals surface area contributed by atoms with E-state index in [-0.39, 0.29) is 24.0 Å². The number of benzene rings is 3. The molecule has 10 heteroatoms. The molecule has 1 fully saturated rings. The highest BCUT2D eigenvalue weighted by atomic mass is 16.6. The van der Waals surface area contributed by atoms with E-state index in [2.05, 4.69) is 36.4 Å². The zero-order valence-electron chi connectivity index (χ0n) is 29.7. The fraction of sp³-hybridized carbons (Fsp3) is 0.475. The molecule has 3 aromatic carbocycles. The molecule has 5 rings (SSSR count). The molecule has 3 aromatic rings. The van der Waals surface area contributed by atoms with Crippen molar-refractivity contribution in [1.29, 1.82) is 5.26 Å². The van der Waals surface area contributed by atoms with Gasteiger partial charge < -0.3 is 33.5 Å². The number of fused-ring (bicyclic) bond motifs is 1. The molecule has 2 aliphatic heterocycles. The number of nitriles is 1. The molecule has 0 N–H and O–H groups in total. The summed E-state index contributed by atoms with van der Waals surface area (Å²) in [5, 5.41) is 9.25. The number of aryl methyl sites for hydroxylation is 1. The molecule has 0 saturated carbocycles. The summed E-state index contributed by atoms with van der Waals surface area (Å²) in [6, 6.07) is 23.7. The SMILES string of the molecule is COCCCN1C(=O)CCc2ccc(COC3CN(C(=O)OC(C)(C)C)CCC3c3ccc(OCCCOc4ccccc4C#N)cc3)cc21. The number of hydrogen-bond acceptors (Lipinski definition) is 8. The van der Waals surface area contributed by atoms with Crippen molar-refractivity contribution in [3.05, 3.63) is 89.0 Å². The predicted molar refractivity (Wildman–Crippen MR) is 191 cm³/mol. The van der Waals surface area contributed by atoms with E-state index >= 15 is 0 Å². The van der Waals surface area contributed by atoms with E-state index < -0.39 is 5.60 Å². The van der Waals surface area contributed by atoms with Crippen LogP contribution in [0, 0.1) is 11.3 Å². The molecule has 50 heavy (non-hydrogen) atoms. The van der Waals surface area contributed by atoms with Gasteiger partial charge in [0.1, 0.15) is 23.2 Å². The maximum atomic E-state index is 13.1. The predicted octanol–water partition coefficient (Wildman–Crippen LogP) is 7.03. The Morgan fingerprint density at radius 1 is 0.960 bits per heavy atom. The number of rotatable bonds is 14. The van der Waals surface area contributed by atoms with Crippen molar-refractivity contribution in [2.45, 2.75) is 77.1 Å². The van der Waals surface area contributed by atoms with Crippen LogP contribution in [0.25, 0.3) is 0 Å². The summed E-state index contributed by atoms with van der Waals surface area (Å²) in [7, 11) is 1.67. The van der Waals surface area contributed by atoms with E-state index in [1.165, 1.54) is 0 Å². The number of likely N-dealkylation sites (tertiary alicyclic amines) is 1. The minimum atomic E-state index is -0.594. The minimum Gasteiger partial charge on any atom is -0.493 e. The molecule has 0 aromatic heterocycles. The first-order chi connectivity index (χ1) is 24.1. The molecule has 10 nitrogen and oxygen atoms in total. The fourth-order valence-electron chi connectivity index (χ4n) is 6.37. The van der Waals surface area contributed by atoms with Gasteiger partial charge in [-0.3, -0.25) is 4.79 Å². The number of hydrogen-bond donors (Lipinski definition) is 0. The van der Waals surface area contributed by atoms with E-state index in [1.807, 2.05) is 49.9 Å². The van der Waals surface area contributed by atoms with Crippen molar-refractivity contribution in [2.75, 3.05) is 51.5 Å². The van der Waals surface area contributed by atoms with Crippen LogP contribution < -0.4 is 14.4 Å². The van der Waals surface area contributed by atoms with Crippen LogP contribution in [-0.2, 0) is 32.0 Å². The van der Waals surface area contributed by atoms with Crippen molar-refractivity contribution >= 4 is 17.7 Å². The largest absolute Gasteiger partial charge is 0.493 e. The van der Waals surface area contributed by atoms with Crippen LogP contribution in [-0.4, -0.2) is 75.2 Å². The van der Waals surface area contributed by atoms with Gasteiger partial charge in [-0.25, -0.2) is 4.79 Å². The monoisotopic (exact) mass is 683 g/mol. The Labute approximate surface area is 295 Å². The lowest BCUT2D eigenvalue weighted by Gasteiger charge is -2.39. The molecular formula is C40H49N3O7. The molecule has 0 radical (unpaired) electrons. The number of nitrogens with zero attached hydrogens (tertiary/aromatic N) is 3. The van der Waals surface area contributed by atoms with E-state index in [0.29, 0.717) is 70.2 Å². The average molecular weight is 684 g/mol. The summed E-state index contributed by atoms with van der Waals surface area (Å²) in [5.41, 5.74) is 4.13. The third kappa shape index (κ3) is 9.99. The zero-order valence-corrected chi connectivity index (χ0v) is 29.7. The van der Waals surface area contributed by atoms with Crippen molar-refractivity contribution in [3.63, 3.8) is 0 Å². The van der Waals surface area contributed by atoms with Gasteiger partial charge in [0.05, 0.1) is 38.0 Å². The highest BCUT2D eigenvalue weighted by Crippen LogP contribution is 2.34. The molecule has 266 valence electrons.